The van der Waals surface area contributed by atoms with Crippen LogP contribution in [0.1, 0.15) is 24.0 Å². The summed E-state index contributed by atoms with van der Waals surface area (Å²) in [6.45, 7) is 0.0729. The van der Waals surface area contributed by atoms with Crippen LogP contribution in [-0.2, 0) is 27.2 Å². The molecule has 1 aromatic heterocycles. The Morgan fingerprint density at radius 1 is 1.39 bits per heavy atom. The van der Waals surface area contributed by atoms with Crippen LogP contribution in [-0.4, -0.2) is 75.1 Å². The van der Waals surface area contributed by atoms with Gasteiger partial charge < -0.3 is 25.0 Å². The van der Waals surface area contributed by atoms with Crippen molar-refractivity contribution in [3.05, 3.63) is 47.8 Å². The molecule has 31 heavy (non-hydrogen) atoms. The topological polar surface area (TPSA) is 153 Å². The summed E-state index contributed by atoms with van der Waals surface area (Å²) in [6.07, 6.45) is 3.51. The van der Waals surface area contributed by atoms with Crippen LogP contribution in [0.25, 0.3) is 0 Å². The van der Waals surface area contributed by atoms with Crippen molar-refractivity contribution in [1.29, 1.82) is 0 Å². The number of benzene rings is 1. The summed E-state index contributed by atoms with van der Waals surface area (Å²) in [5.74, 6) is -0.601. The Hall–Kier alpha value is -3.40. The number of aliphatic hydroxyl groups excluding tert-OH is 1. The van der Waals surface area contributed by atoms with E-state index in [9.17, 15) is 19.8 Å². The third-order valence-electron chi connectivity index (χ3n) is 5.40. The molecular weight excluding hydrogens is 406 g/mol. The van der Waals surface area contributed by atoms with E-state index in [1.165, 1.54) is 0 Å². The van der Waals surface area contributed by atoms with Gasteiger partial charge in [0.2, 0.25) is 5.91 Å². The number of ether oxygens (including phenoxy) is 1. The van der Waals surface area contributed by atoms with E-state index >= 15 is 0 Å². The van der Waals surface area contributed by atoms with Gasteiger partial charge >= 0.3 is 5.97 Å². The lowest BCUT2D eigenvalue weighted by Gasteiger charge is -2.43. The van der Waals surface area contributed by atoms with E-state index in [1.807, 2.05) is 0 Å². The van der Waals surface area contributed by atoms with Gasteiger partial charge in [-0.2, -0.15) is 5.10 Å². The highest BCUT2D eigenvalue weighted by molar-refractivity contribution is 5.80. The summed E-state index contributed by atoms with van der Waals surface area (Å²) in [5.41, 5.74) is 0.218. The first-order valence-corrected chi connectivity index (χ1v) is 9.74. The molecule has 168 valence electrons. The molecule has 1 aliphatic rings. The highest BCUT2D eigenvalue weighted by Crippen LogP contribution is 2.35. The molecule has 1 aliphatic heterocycles. The maximum atomic E-state index is 12.7. The number of piperidine rings is 1. The van der Waals surface area contributed by atoms with Gasteiger partial charge in [-0.15, -0.1) is 0 Å². The minimum Gasteiger partial charge on any atom is -0.497 e. The molecule has 0 unspecified atom stereocenters. The molecule has 0 spiro atoms. The summed E-state index contributed by atoms with van der Waals surface area (Å²) in [7, 11) is 1.54. The van der Waals surface area contributed by atoms with Gasteiger partial charge in [-0.1, -0.05) is 12.1 Å². The van der Waals surface area contributed by atoms with Crippen molar-refractivity contribution in [2.75, 3.05) is 20.2 Å². The largest absolute Gasteiger partial charge is 0.497 e. The molecule has 10 heteroatoms. The molecule has 3 rings (SSSR count). The number of nitrogens with zero attached hydrogens (tertiary/aromatic N) is 2. The number of H-pyrrole nitrogens is 1. The zero-order chi connectivity index (χ0) is 22.9. The predicted molar refractivity (Wildman–Crippen MR) is 110 cm³/mol. The Balaban J connectivity index is 0.00000107. The summed E-state index contributed by atoms with van der Waals surface area (Å²) in [6, 6.07) is 7.13. The van der Waals surface area contributed by atoms with Crippen molar-refractivity contribution in [3.8, 4) is 5.75 Å². The summed E-state index contributed by atoms with van der Waals surface area (Å²) >= 11 is 0. The minimum absolute atomic E-state index is 0.0229. The standard InChI is InChI=1S/C20H25N3O5.CH2O2/c1-28-16-4-2-3-14(9-16)10-20(19(26)27)13-23(8-7-17(20)24)18(25)6-5-15-11-21-22-12-15;2-1-3/h2-4,9,11-12,17,24H,5-8,10,13H2,1H3,(H,21,22)(H,26,27);1H,(H,2,3)/t17-,20+;/m0./s1. The molecule has 1 amide bonds. The molecule has 1 fully saturated rings. The quantitative estimate of drug-likeness (QED) is 0.471. The minimum atomic E-state index is -1.45. The summed E-state index contributed by atoms with van der Waals surface area (Å²) < 4.78 is 5.21. The lowest BCUT2D eigenvalue weighted by molar-refractivity contribution is -0.165. The van der Waals surface area contributed by atoms with Crippen LogP contribution < -0.4 is 4.74 Å². The number of rotatable bonds is 7. The Morgan fingerprint density at radius 2 is 2.13 bits per heavy atom. The molecule has 10 nitrogen and oxygen atoms in total. The Bertz CT molecular complexity index is 872. The average Bonchev–Trinajstić information content (AvgIpc) is 3.28. The van der Waals surface area contributed by atoms with Gasteiger partial charge in [0.05, 0.1) is 19.4 Å². The van der Waals surface area contributed by atoms with Crippen molar-refractivity contribution in [1.82, 2.24) is 15.1 Å². The van der Waals surface area contributed by atoms with Gasteiger partial charge in [0.1, 0.15) is 11.2 Å². The van der Waals surface area contributed by atoms with E-state index in [0.717, 1.165) is 11.1 Å². The zero-order valence-electron chi connectivity index (χ0n) is 17.2. The fourth-order valence-corrected chi connectivity index (χ4v) is 3.72. The number of carboxylic acid groups (broad SMARTS) is 2. The van der Waals surface area contributed by atoms with Crippen LogP contribution in [0.5, 0.6) is 5.75 Å². The molecule has 2 heterocycles. The maximum absolute atomic E-state index is 12.7. The molecule has 4 N–H and O–H groups in total. The fraction of sp³-hybridized carbons (Fsp3) is 0.429. The van der Waals surface area contributed by atoms with Crippen LogP contribution in [0.15, 0.2) is 36.7 Å². The third-order valence-corrected chi connectivity index (χ3v) is 5.40. The zero-order valence-corrected chi connectivity index (χ0v) is 17.2. The van der Waals surface area contributed by atoms with Gasteiger partial charge in [0, 0.05) is 25.7 Å². The van der Waals surface area contributed by atoms with Crippen LogP contribution in [0.2, 0.25) is 0 Å². The van der Waals surface area contributed by atoms with Crippen LogP contribution in [0.3, 0.4) is 0 Å². The van der Waals surface area contributed by atoms with E-state index in [1.54, 1.807) is 48.7 Å². The van der Waals surface area contributed by atoms with Crippen molar-refractivity contribution >= 4 is 18.3 Å². The van der Waals surface area contributed by atoms with Crippen LogP contribution >= 0.6 is 0 Å². The second kappa shape index (κ2) is 11.1. The number of aromatic amines is 1. The fourth-order valence-electron chi connectivity index (χ4n) is 3.72. The van der Waals surface area contributed by atoms with Crippen LogP contribution in [0.4, 0.5) is 0 Å². The number of amides is 1. The molecule has 0 saturated carbocycles. The molecule has 1 aromatic carbocycles. The number of likely N-dealkylation sites (tertiary alicyclic amines) is 1. The van der Waals surface area contributed by atoms with E-state index in [-0.39, 0.29) is 38.2 Å². The first-order valence-electron chi connectivity index (χ1n) is 9.74. The molecular formula is C21H27N3O7. The number of hydrogen-bond acceptors (Lipinski definition) is 6. The second-order valence-electron chi connectivity index (χ2n) is 7.32. The molecule has 2 aromatic rings. The second-order valence-corrected chi connectivity index (χ2v) is 7.32. The van der Waals surface area contributed by atoms with Gasteiger partial charge in [-0.05, 0) is 42.5 Å². The molecule has 2 atom stereocenters. The number of aryl methyl sites for hydroxylation is 1. The number of carbonyl (C=O) groups is 3. The Labute approximate surface area is 179 Å². The van der Waals surface area contributed by atoms with Gasteiger partial charge in [-0.3, -0.25) is 19.5 Å². The Morgan fingerprint density at radius 3 is 2.74 bits per heavy atom. The number of nitrogens with one attached hydrogen (secondary N) is 1. The van der Waals surface area contributed by atoms with Gasteiger partial charge in [0.15, 0.2) is 0 Å². The van der Waals surface area contributed by atoms with Crippen molar-refractivity contribution in [3.63, 3.8) is 0 Å². The van der Waals surface area contributed by atoms with E-state index in [0.29, 0.717) is 18.7 Å². The Kier molecular flexibility index (Phi) is 8.56. The number of carbonyl (C=O) groups excluding carboxylic acids is 1. The van der Waals surface area contributed by atoms with E-state index in [4.69, 9.17) is 14.6 Å². The first kappa shape index (κ1) is 23.9. The number of aliphatic hydroxyl groups is 1. The molecule has 1 saturated heterocycles. The number of carboxylic acids is 1. The maximum Gasteiger partial charge on any atom is 0.314 e. The number of aromatic nitrogens is 2. The van der Waals surface area contributed by atoms with Gasteiger partial charge in [0.25, 0.3) is 6.47 Å². The lowest BCUT2D eigenvalue weighted by atomic mass is 9.72. The summed E-state index contributed by atoms with van der Waals surface area (Å²) in [4.78, 5) is 34.8. The highest BCUT2D eigenvalue weighted by Gasteiger charge is 2.50. The molecule has 0 radical (unpaired) electrons. The number of hydrogen-bond donors (Lipinski definition) is 4. The van der Waals surface area contributed by atoms with Crippen molar-refractivity contribution in [2.45, 2.75) is 31.8 Å². The monoisotopic (exact) mass is 433 g/mol. The van der Waals surface area contributed by atoms with Crippen molar-refractivity contribution < 1.29 is 34.4 Å². The number of aliphatic carboxylic acids is 1. The summed E-state index contributed by atoms with van der Waals surface area (Å²) in [5, 5.41) is 34.0. The highest BCUT2D eigenvalue weighted by atomic mass is 16.5. The van der Waals surface area contributed by atoms with E-state index < -0.39 is 17.5 Å². The molecule has 0 bridgehead atoms. The normalized spacial score (nSPS) is 20.3. The lowest BCUT2D eigenvalue weighted by Crippen LogP contribution is -2.58. The SMILES string of the molecule is COc1cccc(C[C@@]2(C(=O)O)CN(C(=O)CCc3cn[nH]c3)CC[C@@H]2O)c1.O=CO. The van der Waals surface area contributed by atoms with Gasteiger partial charge in [-0.25, -0.2) is 0 Å². The van der Waals surface area contributed by atoms with Crippen molar-refractivity contribution in [2.24, 2.45) is 5.41 Å². The predicted octanol–water partition coefficient (Wildman–Crippen LogP) is 0.959. The smallest absolute Gasteiger partial charge is 0.314 e. The average molecular weight is 433 g/mol. The van der Waals surface area contributed by atoms with Crippen LogP contribution in [0, 0.1) is 5.41 Å². The van der Waals surface area contributed by atoms with E-state index in [2.05, 4.69) is 10.2 Å². The molecule has 0 aliphatic carbocycles. The number of methoxy groups -OCH3 is 1. The first-order chi connectivity index (χ1) is 14.9. The third kappa shape index (κ3) is 6.05.